The van der Waals surface area contributed by atoms with Gasteiger partial charge in [-0.15, -0.1) is 0 Å². The molecule has 4 rings (SSSR count). The molecule has 1 atom stereocenters. The predicted octanol–water partition coefficient (Wildman–Crippen LogP) is 3.37. The van der Waals surface area contributed by atoms with Crippen LogP contribution in [0.1, 0.15) is 41.9 Å². The number of aromatic nitrogens is 1. The molecule has 7 heteroatoms. The molecule has 2 aliphatic heterocycles. The molecular formula is C23H31N5O2. The molecule has 1 aromatic carbocycles. The monoisotopic (exact) mass is 409 g/mol. The third-order valence-electron chi connectivity index (χ3n) is 6.38. The van der Waals surface area contributed by atoms with Crippen LogP contribution in [0, 0.1) is 4.91 Å². The minimum absolute atomic E-state index is 0.0388. The molecule has 0 spiro atoms. The smallest absolute Gasteiger partial charge is 0.270 e. The summed E-state index contributed by atoms with van der Waals surface area (Å²) in [4.78, 5) is 31.3. The first kappa shape index (κ1) is 20.6. The van der Waals surface area contributed by atoms with E-state index < -0.39 is 6.04 Å². The van der Waals surface area contributed by atoms with Gasteiger partial charge in [-0.05, 0) is 44.5 Å². The molecule has 1 fully saturated rings. The molecule has 2 aliphatic rings. The number of aryl methyl sites for hydroxylation is 1. The average molecular weight is 410 g/mol. The van der Waals surface area contributed by atoms with Crippen molar-refractivity contribution in [3.63, 3.8) is 0 Å². The number of para-hydroxylation sites is 1. The fourth-order valence-corrected chi connectivity index (χ4v) is 4.63. The van der Waals surface area contributed by atoms with Gasteiger partial charge >= 0.3 is 0 Å². The minimum Gasteiger partial charge on any atom is -0.369 e. The van der Waals surface area contributed by atoms with E-state index in [-0.39, 0.29) is 5.91 Å². The van der Waals surface area contributed by atoms with Crippen LogP contribution < -0.4 is 4.90 Å². The quantitative estimate of drug-likeness (QED) is 0.658. The van der Waals surface area contributed by atoms with Gasteiger partial charge in [0.05, 0.1) is 0 Å². The number of amides is 1. The lowest BCUT2D eigenvalue weighted by molar-refractivity contribution is 0.0741. The number of anilines is 1. The Morgan fingerprint density at radius 1 is 1.00 bits per heavy atom. The first-order valence-electron chi connectivity index (χ1n) is 11.0. The van der Waals surface area contributed by atoms with Crippen molar-refractivity contribution in [2.45, 2.75) is 32.4 Å². The van der Waals surface area contributed by atoms with Crippen LogP contribution in [0.2, 0.25) is 0 Å². The molecule has 1 aromatic heterocycles. The van der Waals surface area contributed by atoms with E-state index in [4.69, 9.17) is 0 Å². The minimum atomic E-state index is -0.423. The number of benzene rings is 1. The van der Waals surface area contributed by atoms with Crippen molar-refractivity contribution in [3.8, 4) is 0 Å². The topological polar surface area (TPSA) is 61.2 Å². The zero-order valence-electron chi connectivity index (χ0n) is 17.7. The first-order valence-corrected chi connectivity index (χ1v) is 11.0. The van der Waals surface area contributed by atoms with E-state index in [1.165, 1.54) is 5.69 Å². The van der Waals surface area contributed by atoms with Gasteiger partial charge in [-0.1, -0.05) is 23.4 Å². The van der Waals surface area contributed by atoms with E-state index in [0.29, 0.717) is 25.2 Å². The molecule has 0 bridgehead atoms. The molecule has 30 heavy (non-hydrogen) atoms. The van der Waals surface area contributed by atoms with Crippen LogP contribution in [0.3, 0.4) is 0 Å². The van der Waals surface area contributed by atoms with Crippen molar-refractivity contribution in [3.05, 3.63) is 58.8 Å². The van der Waals surface area contributed by atoms with Gasteiger partial charge in [-0.25, -0.2) is 0 Å². The summed E-state index contributed by atoms with van der Waals surface area (Å²) in [6.07, 6.45) is 3.45. The maximum atomic E-state index is 13.2. The second kappa shape index (κ2) is 9.43. The summed E-state index contributed by atoms with van der Waals surface area (Å²) < 4.78 is 1.94. The van der Waals surface area contributed by atoms with Crippen LogP contribution in [0.4, 0.5) is 5.69 Å². The lowest BCUT2D eigenvalue weighted by atomic mass is 10.1. The van der Waals surface area contributed by atoms with E-state index in [9.17, 15) is 9.70 Å². The first-order chi connectivity index (χ1) is 14.7. The Kier molecular flexibility index (Phi) is 6.47. The Hall–Kier alpha value is -2.67. The summed E-state index contributed by atoms with van der Waals surface area (Å²) in [7, 11) is 0. The molecule has 0 aliphatic carbocycles. The summed E-state index contributed by atoms with van der Waals surface area (Å²) in [5.41, 5.74) is 2.73. The van der Waals surface area contributed by atoms with Crippen LogP contribution in [0.5, 0.6) is 0 Å². The number of nitroso groups, excluding NO2 is 1. The third-order valence-corrected chi connectivity index (χ3v) is 6.38. The summed E-state index contributed by atoms with van der Waals surface area (Å²) in [5.74, 6) is 0.0388. The maximum Gasteiger partial charge on any atom is 0.270 e. The van der Waals surface area contributed by atoms with Crippen LogP contribution >= 0.6 is 0 Å². The van der Waals surface area contributed by atoms with Crippen LogP contribution in [-0.4, -0.2) is 66.1 Å². The highest BCUT2D eigenvalue weighted by atomic mass is 16.3. The van der Waals surface area contributed by atoms with Gasteiger partial charge in [0.2, 0.25) is 0 Å². The molecule has 2 aromatic rings. The highest BCUT2D eigenvalue weighted by Gasteiger charge is 2.31. The Morgan fingerprint density at radius 3 is 2.47 bits per heavy atom. The van der Waals surface area contributed by atoms with E-state index >= 15 is 0 Å². The molecule has 1 amide bonds. The number of carbonyl (C=O) groups excluding carboxylic acids is 1. The fraction of sp³-hybridized carbons (Fsp3) is 0.522. The summed E-state index contributed by atoms with van der Waals surface area (Å²) in [6.45, 7) is 9.19. The average Bonchev–Trinajstić information content (AvgIpc) is 3.17. The van der Waals surface area contributed by atoms with Crippen molar-refractivity contribution >= 4 is 11.6 Å². The lowest BCUT2D eigenvalue weighted by Gasteiger charge is -2.36. The summed E-state index contributed by atoms with van der Waals surface area (Å²) in [5, 5.41) is 3.30. The maximum absolute atomic E-state index is 13.2. The lowest BCUT2D eigenvalue weighted by Crippen LogP contribution is -2.47. The van der Waals surface area contributed by atoms with Gasteiger partial charge in [0.25, 0.3) is 5.91 Å². The van der Waals surface area contributed by atoms with E-state index in [2.05, 4.69) is 45.3 Å². The van der Waals surface area contributed by atoms with Crippen LogP contribution in [-0.2, 0) is 6.54 Å². The second-order valence-corrected chi connectivity index (χ2v) is 8.13. The Balaban J connectivity index is 1.30. The summed E-state index contributed by atoms with van der Waals surface area (Å²) in [6, 6.07) is 12.0. The van der Waals surface area contributed by atoms with Gasteiger partial charge in [-0.3, -0.25) is 9.69 Å². The SMILES string of the molecule is CCn1ccc2c1C(=O)N(CCCN1CCN(c3ccccc3)CC1)CCC2N=O. The Bertz CT molecular complexity index is 858. The number of nitrogens with zero attached hydrogens (tertiary/aromatic N) is 5. The number of carbonyl (C=O) groups is 1. The van der Waals surface area contributed by atoms with E-state index in [1.54, 1.807) is 0 Å². The third kappa shape index (κ3) is 4.26. The van der Waals surface area contributed by atoms with E-state index in [1.807, 2.05) is 28.7 Å². The molecule has 7 nitrogen and oxygen atoms in total. The van der Waals surface area contributed by atoms with Gasteiger partial charge in [0, 0.05) is 63.3 Å². The predicted molar refractivity (Wildman–Crippen MR) is 119 cm³/mol. The molecular weight excluding hydrogens is 378 g/mol. The van der Waals surface area contributed by atoms with Crippen molar-refractivity contribution in [1.82, 2.24) is 14.4 Å². The molecule has 3 heterocycles. The second-order valence-electron chi connectivity index (χ2n) is 8.13. The zero-order chi connectivity index (χ0) is 20.9. The molecule has 0 saturated carbocycles. The van der Waals surface area contributed by atoms with E-state index in [0.717, 1.165) is 51.3 Å². The fourth-order valence-electron chi connectivity index (χ4n) is 4.63. The standard InChI is InChI=1S/C23H31N5O2/c1-2-26-13-9-20-21(24-30)10-14-28(23(29)22(20)26)12-6-11-25-15-17-27(18-16-25)19-7-4-3-5-8-19/h3-5,7-9,13,21H,2,6,10-12,14-18H2,1H3. The largest absolute Gasteiger partial charge is 0.369 e. The Labute approximate surface area is 178 Å². The van der Waals surface area contributed by atoms with Gasteiger partial charge in [0.15, 0.2) is 0 Å². The normalized spacial score (nSPS) is 20.2. The Morgan fingerprint density at radius 2 is 1.77 bits per heavy atom. The molecule has 1 unspecified atom stereocenters. The van der Waals surface area contributed by atoms with Crippen molar-refractivity contribution < 1.29 is 4.79 Å². The van der Waals surface area contributed by atoms with Gasteiger partial charge in [-0.2, -0.15) is 4.91 Å². The molecule has 160 valence electrons. The molecule has 0 N–H and O–H groups in total. The number of hydrogen-bond donors (Lipinski definition) is 0. The van der Waals surface area contributed by atoms with Crippen molar-refractivity contribution in [1.29, 1.82) is 0 Å². The molecule has 0 radical (unpaired) electrons. The highest BCUT2D eigenvalue weighted by Crippen LogP contribution is 2.30. The van der Waals surface area contributed by atoms with Gasteiger partial charge < -0.3 is 14.4 Å². The summed E-state index contributed by atoms with van der Waals surface area (Å²) >= 11 is 0. The zero-order valence-corrected chi connectivity index (χ0v) is 17.7. The molecule has 1 saturated heterocycles. The van der Waals surface area contributed by atoms with Crippen molar-refractivity contribution in [2.24, 2.45) is 5.18 Å². The van der Waals surface area contributed by atoms with Crippen LogP contribution in [0.15, 0.2) is 47.8 Å². The number of rotatable bonds is 7. The number of piperazine rings is 1. The van der Waals surface area contributed by atoms with Gasteiger partial charge in [0.1, 0.15) is 11.7 Å². The number of hydrogen-bond acceptors (Lipinski definition) is 5. The van der Waals surface area contributed by atoms with Crippen LogP contribution in [0.25, 0.3) is 0 Å². The highest BCUT2D eigenvalue weighted by molar-refractivity contribution is 5.95. The number of fused-ring (bicyclic) bond motifs is 1. The van der Waals surface area contributed by atoms with Crippen molar-refractivity contribution in [2.75, 3.05) is 50.7 Å².